The second-order valence-corrected chi connectivity index (χ2v) is 10.1. The van der Waals surface area contributed by atoms with E-state index in [9.17, 15) is 0 Å². The van der Waals surface area contributed by atoms with Crippen molar-refractivity contribution in [2.24, 2.45) is 4.99 Å². The van der Waals surface area contributed by atoms with Crippen LogP contribution in [0.25, 0.3) is 0 Å². The number of nitrogens with zero attached hydrogens (tertiary/aromatic N) is 1. The minimum Gasteiger partial charge on any atom is -0.475 e. The first-order chi connectivity index (χ1) is 14.7. The van der Waals surface area contributed by atoms with Crippen LogP contribution in [0.5, 0.6) is 0 Å². The van der Waals surface area contributed by atoms with E-state index >= 15 is 0 Å². The molecule has 4 rings (SSSR count). The molecule has 0 saturated heterocycles. The van der Waals surface area contributed by atoms with E-state index in [0.29, 0.717) is 6.61 Å². The predicted molar refractivity (Wildman–Crippen MR) is 130 cm³/mol. The van der Waals surface area contributed by atoms with Gasteiger partial charge in [0.2, 0.25) is 5.90 Å². The zero-order chi connectivity index (χ0) is 20.9. The molecule has 0 radical (unpaired) electrons. The van der Waals surface area contributed by atoms with Crippen LogP contribution in [0, 0.1) is 13.8 Å². The molecular formula is C27H30NOP. The molecule has 30 heavy (non-hydrogen) atoms. The molecule has 0 aliphatic carbocycles. The van der Waals surface area contributed by atoms with E-state index in [2.05, 4.69) is 93.6 Å². The van der Waals surface area contributed by atoms with Gasteiger partial charge in [-0.15, -0.1) is 0 Å². The van der Waals surface area contributed by atoms with E-state index < -0.39 is 7.92 Å². The second-order valence-electron chi connectivity index (χ2n) is 7.97. The molecule has 1 atom stereocenters. The predicted octanol–water partition coefficient (Wildman–Crippen LogP) is 5.40. The number of rotatable bonds is 7. The van der Waals surface area contributed by atoms with E-state index in [1.807, 2.05) is 0 Å². The van der Waals surface area contributed by atoms with Gasteiger partial charge in [-0.2, -0.15) is 0 Å². The first kappa shape index (κ1) is 20.8. The van der Waals surface area contributed by atoms with Crippen molar-refractivity contribution >= 4 is 29.7 Å². The maximum Gasteiger partial charge on any atom is 0.217 e. The number of benzene rings is 3. The Morgan fingerprint density at radius 2 is 1.40 bits per heavy atom. The highest BCUT2D eigenvalue weighted by Gasteiger charge is 2.27. The van der Waals surface area contributed by atoms with Crippen molar-refractivity contribution in [2.45, 2.75) is 46.1 Å². The summed E-state index contributed by atoms with van der Waals surface area (Å²) in [6, 6.07) is 26.6. The van der Waals surface area contributed by atoms with Crippen LogP contribution in [0.15, 0.2) is 77.8 Å². The van der Waals surface area contributed by atoms with Crippen molar-refractivity contribution in [3.63, 3.8) is 0 Å². The molecule has 1 heterocycles. The third kappa shape index (κ3) is 4.35. The minimum atomic E-state index is -0.711. The normalized spacial score (nSPS) is 15.9. The topological polar surface area (TPSA) is 21.6 Å². The molecule has 154 valence electrons. The summed E-state index contributed by atoms with van der Waals surface area (Å²) in [5.74, 6) is 0.821. The molecule has 0 fully saturated rings. The number of aryl methyl sites for hydroxylation is 2. The van der Waals surface area contributed by atoms with Crippen molar-refractivity contribution in [1.29, 1.82) is 0 Å². The summed E-state index contributed by atoms with van der Waals surface area (Å²) in [5.41, 5.74) is 3.81. The second kappa shape index (κ2) is 9.58. The van der Waals surface area contributed by atoms with Crippen LogP contribution in [0.1, 0.15) is 42.9 Å². The summed E-state index contributed by atoms with van der Waals surface area (Å²) in [7, 11) is -0.711. The molecule has 3 aromatic carbocycles. The fraction of sp³-hybridized carbons (Fsp3) is 0.296. The Hall–Kier alpha value is -2.44. The lowest BCUT2D eigenvalue weighted by Gasteiger charge is -2.25. The highest BCUT2D eigenvalue weighted by Crippen LogP contribution is 2.37. The number of aliphatic imine (C=N–C) groups is 1. The Morgan fingerprint density at radius 1 is 0.833 bits per heavy atom. The maximum atomic E-state index is 6.13. The largest absolute Gasteiger partial charge is 0.475 e. The van der Waals surface area contributed by atoms with Gasteiger partial charge in [0.1, 0.15) is 6.61 Å². The van der Waals surface area contributed by atoms with Crippen molar-refractivity contribution in [3.8, 4) is 0 Å². The van der Waals surface area contributed by atoms with Crippen LogP contribution in [0.2, 0.25) is 0 Å². The van der Waals surface area contributed by atoms with Gasteiger partial charge in [0.05, 0.1) is 6.04 Å². The van der Waals surface area contributed by atoms with Crippen LogP contribution in [0.4, 0.5) is 0 Å². The minimum absolute atomic E-state index is 0.288. The van der Waals surface area contributed by atoms with Gasteiger partial charge in [0.15, 0.2) is 0 Å². The molecule has 0 bridgehead atoms. The van der Waals surface area contributed by atoms with Crippen LogP contribution >= 0.6 is 7.92 Å². The van der Waals surface area contributed by atoms with Gasteiger partial charge in [-0.05, 0) is 61.3 Å². The van der Waals surface area contributed by atoms with Crippen LogP contribution in [-0.2, 0) is 4.74 Å². The van der Waals surface area contributed by atoms with Gasteiger partial charge < -0.3 is 4.74 Å². The fourth-order valence-corrected chi connectivity index (χ4v) is 6.77. The monoisotopic (exact) mass is 415 g/mol. The highest BCUT2D eigenvalue weighted by molar-refractivity contribution is 7.80. The van der Waals surface area contributed by atoms with Crippen molar-refractivity contribution in [1.82, 2.24) is 0 Å². The molecule has 0 saturated carbocycles. The fourth-order valence-electron chi connectivity index (χ4n) is 4.02. The van der Waals surface area contributed by atoms with Crippen LogP contribution in [-0.4, -0.2) is 18.5 Å². The molecule has 2 nitrogen and oxygen atoms in total. The molecule has 0 aromatic heterocycles. The zero-order valence-corrected chi connectivity index (χ0v) is 19.0. The lowest BCUT2D eigenvalue weighted by atomic mass is 10.1. The number of ether oxygens (including phenoxy) is 1. The highest BCUT2D eigenvalue weighted by atomic mass is 31.1. The van der Waals surface area contributed by atoms with Gasteiger partial charge in [-0.1, -0.05) is 86.5 Å². The molecule has 3 aromatic rings. The summed E-state index contributed by atoms with van der Waals surface area (Å²) in [6.07, 6.45) is 3.50. The Labute approximate surface area is 181 Å². The SMILES string of the molecule is CCCCC1COC(c2ccccc2P(c2ccccc2C)c2ccccc2C)=N1. The Balaban J connectivity index is 1.84. The lowest BCUT2D eigenvalue weighted by molar-refractivity contribution is 0.310. The zero-order valence-electron chi connectivity index (χ0n) is 18.1. The average Bonchev–Trinajstić information content (AvgIpc) is 3.24. The average molecular weight is 416 g/mol. The molecule has 1 unspecified atom stereocenters. The van der Waals surface area contributed by atoms with Crippen LogP contribution in [0.3, 0.4) is 0 Å². The van der Waals surface area contributed by atoms with E-state index in [1.165, 1.54) is 39.9 Å². The molecule has 0 N–H and O–H groups in total. The van der Waals surface area contributed by atoms with E-state index in [4.69, 9.17) is 9.73 Å². The Morgan fingerprint density at radius 3 is 2.00 bits per heavy atom. The quantitative estimate of drug-likeness (QED) is 0.474. The van der Waals surface area contributed by atoms with E-state index in [0.717, 1.165) is 17.9 Å². The molecule has 0 amide bonds. The van der Waals surface area contributed by atoms with Gasteiger partial charge in [0, 0.05) is 5.56 Å². The summed E-state index contributed by atoms with van der Waals surface area (Å²) in [5, 5.41) is 4.12. The summed E-state index contributed by atoms with van der Waals surface area (Å²) in [6.45, 7) is 7.37. The Kier molecular flexibility index (Phi) is 6.65. The van der Waals surface area contributed by atoms with Gasteiger partial charge in [0.25, 0.3) is 0 Å². The Bertz CT molecular complexity index is 997. The summed E-state index contributed by atoms with van der Waals surface area (Å²) >= 11 is 0. The van der Waals surface area contributed by atoms with Gasteiger partial charge in [-0.3, -0.25) is 0 Å². The third-order valence-corrected chi connectivity index (χ3v) is 8.53. The van der Waals surface area contributed by atoms with Crippen molar-refractivity contribution < 1.29 is 4.74 Å². The van der Waals surface area contributed by atoms with Crippen LogP contribution < -0.4 is 15.9 Å². The summed E-state index contributed by atoms with van der Waals surface area (Å²) in [4.78, 5) is 4.98. The first-order valence-corrected chi connectivity index (χ1v) is 12.2. The molecule has 1 aliphatic heterocycles. The first-order valence-electron chi connectivity index (χ1n) is 10.9. The molecule has 0 spiro atoms. The van der Waals surface area contributed by atoms with Crippen molar-refractivity contribution in [2.75, 3.05) is 6.61 Å². The number of hydrogen-bond donors (Lipinski definition) is 0. The van der Waals surface area contributed by atoms with Crippen molar-refractivity contribution in [3.05, 3.63) is 89.5 Å². The molecule has 3 heteroatoms. The standard InChI is InChI=1S/C27H30NOP/c1-4-5-14-22-19-29-27(28-22)23-15-8-11-18-26(23)30(24-16-9-6-12-20(24)2)25-17-10-7-13-21(25)3/h6-13,15-18,22H,4-5,14,19H2,1-3H3. The van der Waals surface area contributed by atoms with E-state index in [-0.39, 0.29) is 6.04 Å². The lowest BCUT2D eigenvalue weighted by Crippen LogP contribution is -2.27. The third-order valence-electron chi connectivity index (χ3n) is 5.69. The number of hydrogen-bond acceptors (Lipinski definition) is 2. The van der Waals surface area contributed by atoms with E-state index in [1.54, 1.807) is 0 Å². The van der Waals surface area contributed by atoms with Gasteiger partial charge in [-0.25, -0.2) is 4.99 Å². The summed E-state index contributed by atoms with van der Waals surface area (Å²) < 4.78 is 6.13. The smallest absolute Gasteiger partial charge is 0.217 e. The van der Waals surface area contributed by atoms with Gasteiger partial charge >= 0.3 is 0 Å². The molecular weight excluding hydrogens is 385 g/mol. The molecule has 1 aliphatic rings. The number of unbranched alkanes of at least 4 members (excludes halogenated alkanes) is 1. The maximum absolute atomic E-state index is 6.13.